The van der Waals surface area contributed by atoms with Gasteiger partial charge in [0.05, 0.1) is 11.6 Å². The first-order valence-corrected chi connectivity index (χ1v) is 10.8. The summed E-state index contributed by atoms with van der Waals surface area (Å²) in [5, 5.41) is 12.4. The Kier molecular flexibility index (Phi) is 5.68. The fourth-order valence-corrected chi connectivity index (χ4v) is 4.68. The molecule has 1 aromatic heterocycles. The van der Waals surface area contributed by atoms with Crippen molar-refractivity contribution in [2.45, 2.75) is 44.6 Å². The lowest BCUT2D eigenvalue weighted by atomic mass is 9.79. The molecule has 0 aliphatic carbocycles. The van der Waals surface area contributed by atoms with Crippen molar-refractivity contribution in [2.75, 3.05) is 35.8 Å². The van der Waals surface area contributed by atoms with Gasteiger partial charge in [0.1, 0.15) is 11.7 Å². The highest BCUT2D eigenvalue weighted by molar-refractivity contribution is 5.98. The zero-order valence-corrected chi connectivity index (χ0v) is 18.2. The lowest BCUT2D eigenvalue weighted by Gasteiger charge is -2.36. The van der Waals surface area contributed by atoms with Crippen LogP contribution >= 0.6 is 0 Å². The number of nitriles is 1. The molecule has 1 fully saturated rings. The second-order valence-electron chi connectivity index (χ2n) is 8.46. The third kappa shape index (κ3) is 3.76. The Hall–Kier alpha value is -3.34. The van der Waals surface area contributed by atoms with Crippen LogP contribution in [-0.2, 0) is 4.79 Å². The first kappa shape index (κ1) is 20.9. The molecule has 8 nitrogen and oxygen atoms in total. The maximum atomic E-state index is 13.3. The highest BCUT2D eigenvalue weighted by Crippen LogP contribution is 2.39. The second kappa shape index (κ2) is 8.42. The van der Waals surface area contributed by atoms with Crippen molar-refractivity contribution in [1.29, 1.82) is 5.26 Å². The number of aromatic amines is 1. The number of nitrogens with zero attached hydrogens (tertiary/aromatic N) is 4. The summed E-state index contributed by atoms with van der Waals surface area (Å²) < 4.78 is 0. The number of piperidine rings is 1. The molecule has 8 heteroatoms. The molecule has 2 N–H and O–H groups in total. The number of fused-ring (bicyclic) bond motifs is 1. The average molecular weight is 421 g/mol. The Morgan fingerprint density at radius 2 is 1.97 bits per heavy atom. The van der Waals surface area contributed by atoms with E-state index in [1.807, 2.05) is 43.3 Å². The Bertz CT molecular complexity index is 1070. The topological polar surface area (TPSA) is 105 Å². The van der Waals surface area contributed by atoms with Crippen LogP contribution in [0.25, 0.3) is 0 Å². The number of hydrogen-bond donors (Lipinski definition) is 2. The van der Waals surface area contributed by atoms with Gasteiger partial charge in [0.15, 0.2) is 0 Å². The molecule has 4 rings (SSSR count). The summed E-state index contributed by atoms with van der Waals surface area (Å²) in [7, 11) is 3.88. The summed E-state index contributed by atoms with van der Waals surface area (Å²) in [5.41, 5.74) is 1.79. The van der Waals surface area contributed by atoms with Crippen LogP contribution in [0.3, 0.4) is 0 Å². The van der Waals surface area contributed by atoms with E-state index in [2.05, 4.69) is 33.2 Å². The fraction of sp³-hybridized carbons (Fsp3) is 0.478. The van der Waals surface area contributed by atoms with Gasteiger partial charge in [-0.1, -0.05) is 19.1 Å². The molecule has 2 aliphatic heterocycles. The molecule has 3 atom stereocenters. The fourth-order valence-electron chi connectivity index (χ4n) is 4.68. The van der Waals surface area contributed by atoms with Gasteiger partial charge in [-0.3, -0.25) is 14.6 Å². The van der Waals surface area contributed by atoms with Crippen LogP contribution in [0.1, 0.15) is 49.7 Å². The first-order chi connectivity index (χ1) is 14.9. The molecule has 1 saturated heterocycles. The third-order valence-electron chi connectivity index (χ3n) is 6.39. The quantitative estimate of drug-likeness (QED) is 0.788. The van der Waals surface area contributed by atoms with E-state index in [4.69, 9.17) is 0 Å². The molecule has 2 aliphatic rings. The highest BCUT2D eigenvalue weighted by atomic mass is 16.2. The summed E-state index contributed by atoms with van der Waals surface area (Å²) in [4.78, 5) is 37.7. The van der Waals surface area contributed by atoms with Crippen LogP contribution in [0.15, 0.2) is 29.1 Å². The standard InChI is InChI=1S/C23H28N6O2/c1-4-15-7-5-6-12-29(15)23-26-20-19(22(31)27-23)18(17(13-24)21(30)25-20)14-8-10-16(11-9-14)28(2)3/h8-11,15,17-18H,4-7,12H2,1-3H3,(H2,25,26,27,30,31). The zero-order valence-electron chi connectivity index (χ0n) is 18.2. The van der Waals surface area contributed by atoms with Crippen LogP contribution < -0.4 is 20.7 Å². The van der Waals surface area contributed by atoms with Gasteiger partial charge < -0.3 is 15.1 Å². The summed E-state index contributed by atoms with van der Waals surface area (Å²) in [6.45, 7) is 2.95. The molecule has 1 aromatic carbocycles. The minimum absolute atomic E-state index is 0.261. The number of carbonyl (C=O) groups is 1. The summed E-state index contributed by atoms with van der Waals surface area (Å²) >= 11 is 0. The van der Waals surface area contributed by atoms with Gasteiger partial charge in [0, 0.05) is 38.3 Å². The molecule has 162 valence electrons. The van der Waals surface area contributed by atoms with Crippen molar-refractivity contribution in [1.82, 2.24) is 9.97 Å². The number of carbonyl (C=O) groups excluding carboxylic acids is 1. The van der Waals surface area contributed by atoms with E-state index in [-0.39, 0.29) is 11.4 Å². The number of anilines is 3. The maximum Gasteiger partial charge on any atom is 0.258 e. The van der Waals surface area contributed by atoms with Gasteiger partial charge in [-0.15, -0.1) is 0 Å². The zero-order chi connectivity index (χ0) is 22.1. The minimum Gasteiger partial charge on any atom is -0.378 e. The SMILES string of the molecule is CCC1CCCCN1c1nc2c(c(=O)[nH]1)C(c1ccc(N(C)C)cc1)C(C#N)C(=O)N2. The Morgan fingerprint density at radius 3 is 2.61 bits per heavy atom. The lowest BCUT2D eigenvalue weighted by molar-refractivity contribution is -0.119. The molecular weight excluding hydrogens is 392 g/mol. The van der Waals surface area contributed by atoms with E-state index >= 15 is 0 Å². The molecule has 1 amide bonds. The van der Waals surface area contributed by atoms with Gasteiger partial charge in [-0.25, -0.2) is 0 Å². The van der Waals surface area contributed by atoms with E-state index < -0.39 is 17.7 Å². The Balaban J connectivity index is 1.81. The highest BCUT2D eigenvalue weighted by Gasteiger charge is 2.40. The van der Waals surface area contributed by atoms with Gasteiger partial charge >= 0.3 is 0 Å². The van der Waals surface area contributed by atoms with E-state index in [1.54, 1.807) is 0 Å². The largest absolute Gasteiger partial charge is 0.378 e. The second-order valence-corrected chi connectivity index (χ2v) is 8.46. The Labute approximate surface area is 181 Å². The normalized spacial score (nSPS) is 23.0. The van der Waals surface area contributed by atoms with Gasteiger partial charge in [0.2, 0.25) is 11.9 Å². The number of nitrogens with one attached hydrogen (secondary N) is 2. The predicted molar refractivity (Wildman–Crippen MR) is 120 cm³/mol. The molecule has 3 unspecified atom stereocenters. The van der Waals surface area contributed by atoms with Crippen LogP contribution in [0, 0.1) is 17.2 Å². The van der Waals surface area contributed by atoms with Crippen molar-refractivity contribution in [3.63, 3.8) is 0 Å². The van der Waals surface area contributed by atoms with Crippen LogP contribution in [0.5, 0.6) is 0 Å². The van der Waals surface area contributed by atoms with Gasteiger partial charge in [0.25, 0.3) is 5.56 Å². The molecular formula is C23H28N6O2. The van der Waals surface area contributed by atoms with E-state index in [0.717, 1.165) is 43.5 Å². The molecule has 0 bridgehead atoms. The van der Waals surface area contributed by atoms with Crippen LogP contribution in [0.4, 0.5) is 17.5 Å². The summed E-state index contributed by atoms with van der Waals surface area (Å²) in [6, 6.07) is 9.99. The number of aromatic nitrogens is 2. The summed E-state index contributed by atoms with van der Waals surface area (Å²) in [5.74, 6) is -1.33. The number of rotatable bonds is 4. The lowest BCUT2D eigenvalue weighted by Crippen LogP contribution is -2.43. The molecule has 3 heterocycles. The molecule has 0 radical (unpaired) electrons. The van der Waals surface area contributed by atoms with Crippen LogP contribution in [0.2, 0.25) is 0 Å². The van der Waals surface area contributed by atoms with Gasteiger partial charge in [-0.05, 0) is 43.4 Å². The molecule has 0 saturated carbocycles. The van der Waals surface area contributed by atoms with Crippen molar-refractivity contribution in [3.05, 3.63) is 45.7 Å². The number of H-pyrrole nitrogens is 1. The molecule has 2 aromatic rings. The van der Waals surface area contributed by atoms with Crippen molar-refractivity contribution in [3.8, 4) is 6.07 Å². The minimum atomic E-state index is -0.996. The van der Waals surface area contributed by atoms with E-state index in [1.165, 1.54) is 0 Å². The van der Waals surface area contributed by atoms with E-state index in [0.29, 0.717) is 17.6 Å². The first-order valence-electron chi connectivity index (χ1n) is 10.8. The maximum absolute atomic E-state index is 13.3. The summed E-state index contributed by atoms with van der Waals surface area (Å²) in [6.07, 6.45) is 4.22. The monoisotopic (exact) mass is 420 g/mol. The smallest absolute Gasteiger partial charge is 0.258 e. The van der Waals surface area contributed by atoms with Crippen molar-refractivity contribution in [2.24, 2.45) is 5.92 Å². The molecule has 31 heavy (non-hydrogen) atoms. The number of amides is 1. The predicted octanol–water partition coefficient (Wildman–Crippen LogP) is 2.83. The molecule has 0 spiro atoms. The number of benzene rings is 1. The third-order valence-corrected chi connectivity index (χ3v) is 6.39. The van der Waals surface area contributed by atoms with Crippen LogP contribution in [-0.4, -0.2) is 42.6 Å². The van der Waals surface area contributed by atoms with E-state index in [9.17, 15) is 14.9 Å². The Morgan fingerprint density at radius 1 is 1.23 bits per heavy atom. The van der Waals surface area contributed by atoms with Gasteiger partial charge in [-0.2, -0.15) is 10.2 Å². The number of hydrogen-bond acceptors (Lipinski definition) is 6. The van der Waals surface area contributed by atoms with Crippen molar-refractivity contribution >= 4 is 23.4 Å². The average Bonchev–Trinajstić information content (AvgIpc) is 2.78. The van der Waals surface area contributed by atoms with Crippen molar-refractivity contribution < 1.29 is 4.79 Å².